The highest BCUT2D eigenvalue weighted by molar-refractivity contribution is 7.80. The highest BCUT2D eigenvalue weighted by Crippen LogP contribution is 2.34. The molecule has 0 amide bonds. The second-order valence-electron chi connectivity index (χ2n) is 4.19. The van der Waals surface area contributed by atoms with Crippen LogP contribution in [0.4, 0.5) is 5.00 Å². The van der Waals surface area contributed by atoms with Crippen LogP contribution in [0.3, 0.4) is 0 Å². The Morgan fingerprint density at radius 1 is 1.14 bits per heavy atom. The summed E-state index contributed by atoms with van der Waals surface area (Å²) in [6.45, 7) is 8.22. The molecule has 8 heteroatoms. The van der Waals surface area contributed by atoms with Gasteiger partial charge in [-0.3, -0.25) is 0 Å². The van der Waals surface area contributed by atoms with E-state index < -0.39 is 11.9 Å². The maximum Gasteiger partial charge on any atom is 0.348 e. The molecule has 0 aliphatic rings. The highest BCUT2D eigenvalue weighted by atomic mass is 32.1. The monoisotopic (exact) mass is 344 g/mol. The number of ether oxygens (including phenoxy) is 2. The number of esters is 2. The van der Waals surface area contributed by atoms with Gasteiger partial charge < -0.3 is 20.1 Å². The molecule has 1 heterocycles. The molecule has 0 unspecified atom stereocenters. The van der Waals surface area contributed by atoms with Crippen LogP contribution in [0.15, 0.2) is 0 Å². The third-order valence-electron chi connectivity index (χ3n) is 2.65. The van der Waals surface area contributed by atoms with Crippen LogP contribution >= 0.6 is 23.6 Å². The molecule has 1 rings (SSSR count). The lowest BCUT2D eigenvalue weighted by molar-refractivity contribution is 0.0527. The van der Waals surface area contributed by atoms with Gasteiger partial charge in [0.1, 0.15) is 9.88 Å². The van der Waals surface area contributed by atoms with Crippen molar-refractivity contribution in [3.8, 4) is 0 Å². The van der Waals surface area contributed by atoms with Crippen LogP contribution in [0, 0.1) is 6.92 Å². The third-order valence-corrected chi connectivity index (χ3v) is 4.09. The molecule has 0 aromatic carbocycles. The van der Waals surface area contributed by atoms with Gasteiger partial charge in [-0.05, 0) is 45.5 Å². The third kappa shape index (κ3) is 4.41. The van der Waals surface area contributed by atoms with Crippen molar-refractivity contribution in [3.63, 3.8) is 0 Å². The molecule has 1 aromatic heterocycles. The zero-order valence-electron chi connectivity index (χ0n) is 13.1. The molecule has 0 saturated heterocycles. The zero-order chi connectivity index (χ0) is 16.7. The minimum Gasteiger partial charge on any atom is -0.462 e. The predicted molar refractivity (Wildman–Crippen MR) is 90.9 cm³/mol. The molecule has 0 spiro atoms. The molecule has 0 fully saturated rings. The Morgan fingerprint density at radius 3 is 2.27 bits per heavy atom. The van der Waals surface area contributed by atoms with E-state index in [2.05, 4.69) is 10.6 Å². The molecule has 0 aliphatic carbocycles. The largest absolute Gasteiger partial charge is 0.462 e. The van der Waals surface area contributed by atoms with Crippen LogP contribution in [0.5, 0.6) is 0 Å². The van der Waals surface area contributed by atoms with E-state index in [0.717, 1.165) is 11.3 Å². The van der Waals surface area contributed by atoms with Crippen molar-refractivity contribution in [1.82, 2.24) is 5.32 Å². The molecule has 0 bridgehead atoms. The van der Waals surface area contributed by atoms with Crippen molar-refractivity contribution < 1.29 is 19.1 Å². The van der Waals surface area contributed by atoms with Crippen molar-refractivity contribution >= 4 is 45.6 Å². The molecule has 0 aliphatic heterocycles. The van der Waals surface area contributed by atoms with Crippen LogP contribution in [0.2, 0.25) is 0 Å². The summed E-state index contributed by atoms with van der Waals surface area (Å²) in [5, 5.41) is 6.73. The normalized spacial score (nSPS) is 10.0. The standard InChI is InChI=1S/C14H20N2O4S2/c1-5-15-14(21)16-11-9(12(17)19-6-2)8(4)10(22-11)13(18)20-7-3/h5-7H2,1-4H3,(H2,15,16,21). The fraction of sp³-hybridized carbons (Fsp3) is 0.500. The first-order valence-electron chi connectivity index (χ1n) is 6.98. The lowest BCUT2D eigenvalue weighted by Gasteiger charge is -2.09. The van der Waals surface area contributed by atoms with Gasteiger partial charge in [0.05, 0.1) is 18.8 Å². The Bertz CT molecular complexity index is 569. The molecule has 0 atom stereocenters. The van der Waals surface area contributed by atoms with E-state index in [0.29, 0.717) is 32.7 Å². The summed E-state index contributed by atoms with van der Waals surface area (Å²) in [5.74, 6) is -0.952. The smallest absolute Gasteiger partial charge is 0.348 e. The van der Waals surface area contributed by atoms with Crippen LogP contribution in [0.1, 0.15) is 46.4 Å². The number of thiophene rings is 1. The van der Waals surface area contributed by atoms with Gasteiger partial charge in [-0.25, -0.2) is 9.59 Å². The number of carbonyl (C=O) groups is 2. The first-order chi connectivity index (χ1) is 10.5. The Labute approximate surface area is 139 Å². The number of thiocarbonyl (C=S) groups is 1. The van der Waals surface area contributed by atoms with E-state index in [-0.39, 0.29) is 13.2 Å². The topological polar surface area (TPSA) is 76.7 Å². The minimum absolute atomic E-state index is 0.250. The Hall–Kier alpha value is -1.67. The van der Waals surface area contributed by atoms with Gasteiger partial charge in [-0.15, -0.1) is 11.3 Å². The van der Waals surface area contributed by atoms with Gasteiger partial charge in [-0.1, -0.05) is 0 Å². The second-order valence-corrected chi connectivity index (χ2v) is 5.61. The highest BCUT2D eigenvalue weighted by Gasteiger charge is 2.26. The van der Waals surface area contributed by atoms with Gasteiger partial charge >= 0.3 is 11.9 Å². The predicted octanol–water partition coefficient (Wildman–Crippen LogP) is 2.72. The minimum atomic E-state index is -0.492. The van der Waals surface area contributed by atoms with Crippen molar-refractivity contribution in [2.75, 3.05) is 25.1 Å². The number of nitrogens with one attached hydrogen (secondary N) is 2. The van der Waals surface area contributed by atoms with Crippen molar-refractivity contribution in [2.24, 2.45) is 0 Å². The fourth-order valence-corrected chi connectivity index (χ4v) is 3.15. The molecule has 0 radical (unpaired) electrons. The Kier molecular flexibility index (Phi) is 7.26. The average molecular weight is 344 g/mol. The molecule has 22 heavy (non-hydrogen) atoms. The van der Waals surface area contributed by atoms with Crippen molar-refractivity contribution in [1.29, 1.82) is 0 Å². The Morgan fingerprint density at radius 2 is 1.73 bits per heavy atom. The van der Waals surface area contributed by atoms with E-state index in [9.17, 15) is 9.59 Å². The average Bonchev–Trinajstić information content (AvgIpc) is 2.76. The molecule has 6 nitrogen and oxygen atoms in total. The van der Waals surface area contributed by atoms with Gasteiger partial charge in [0.25, 0.3) is 0 Å². The van der Waals surface area contributed by atoms with Crippen molar-refractivity contribution in [2.45, 2.75) is 27.7 Å². The van der Waals surface area contributed by atoms with E-state index >= 15 is 0 Å². The maximum absolute atomic E-state index is 12.1. The summed E-state index contributed by atoms with van der Waals surface area (Å²) in [7, 11) is 0. The molecular weight excluding hydrogens is 324 g/mol. The molecule has 1 aromatic rings. The van der Waals surface area contributed by atoms with E-state index in [1.165, 1.54) is 0 Å². The number of hydrogen-bond donors (Lipinski definition) is 2. The maximum atomic E-state index is 12.1. The number of carbonyl (C=O) groups excluding carboxylic acids is 2. The molecular formula is C14H20N2O4S2. The molecule has 2 N–H and O–H groups in total. The summed E-state index contributed by atoms with van der Waals surface area (Å²) < 4.78 is 10.1. The van der Waals surface area contributed by atoms with Crippen LogP contribution in [0.25, 0.3) is 0 Å². The number of rotatable bonds is 6. The summed E-state index contributed by atoms with van der Waals surface area (Å²) in [4.78, 5) is 24.5. The first kappa shape index (κ1) is 18.4. The second kappa shape index (κ2) is 8.70. The van der Waals surface area contributed by atoms with E-state index in [1.54, 1.807) is 20.8 Å². The lowest BCUT2D eigenvalue weighted by Crippen LogP contribution is -2.28. The summed E-state index contributed by atoms with van der Waals surface area (Å²) in [6.07, 6.45) is 0. The Balaban J connectivity index is 3.21. The van der Waals surface area contributed by atoms with Crippen LogP contribution in [-0.2, 0) is 9.47 Å². The summed E-state index contributed by atoms with van der Waals surface area (Å²) in [5.41, 5.74) is 0.846. The first-order valence-corrected chi connectivity index (χ1v) is 8.21. The van der Waals surface area contributed by atoms with Gasteiger partial charge in [0, 0.05) is 6.54 Å². The lowest BCUT2D eigenvalue weighted by atomic mass is 10.1. The number of anilines is 1. The summed E-state index contributed by atoms with van der Waals surface area (Å²) >= 11 is 6.26. The van der Waals surface area contributed by atoms with Gasteiger partial charge in [0.15, 0.2) is 5.11 Å². The van der Waals surface area contributed by atoms with Crippen molar-refractivity contribution in [3.05, 3.63) is 16.0 Å². The number of hydrogen-bond acceptors (Lipinski definition) is 6. The molecule has 0 saturated carbocycles. The fourth-order valence-electron chi connectivity index (χ4n) is 1.75. The van der Waals surface area contributed by atoms with Crippen LogP contribution < -0.4 is 10.6 Å². The van der Waals surface area contributed by atoms with E-state index in [4.69, 9.17) is 21.7 Å². The van der Waals surface area contributed by atoms with E-state index in [1.807, 2.05) is 6.92 Å². The SMILES string of the molecule is CCNC(=S)Nc1sc(C(=O)OCC)c(C)c1C(=O)OCC. The van der Waals surface area contributed by atoms with Crippen LogP contribution in [-0.4, -0.2) is 36.8 Å². The van der Waals surface area contributed by atoms with Gasteiger partial charge in [-0.2, -0.15) is 0 Å². The van der Waals surface area contributed by atoms with Gasteiger partial charge in [0.2, 0.25) is 0 Å². The summed E-state index contributed by atoms with van der Waals surface area (Å²) in [6, 6.07) is 0. The quantitative estimate of drug-likeness (QED) is 0.607. The zero-order valence-corrected chi connectivity index (χ0v) is 14.7. The molecule has 122 valence electrons.